The molecule has 1 aromatic heterocycles. The molecule has 0 radical (unpaired) electrons. The highest BCUT2D eigenvalue weighted by Crippen LogP contribution is 2.57. The van der Waals surface area contributed by atoms with Crippen LogP contribution in [0.15, 0.2) is 33.9 Å². The third-order valence-electron chi connectivity index (χ3n) is 10.7. The largest absolute Gasteiger partial charge is 0.493 e. The average Bonchev–Trinajstić information content (AvgIpc) is 3.62. The van der Waals surface area contributed by atoms with E-state index in [0.29, 0.717) is 42.3 Å². The molecule has 2 saturated carbocycles. The standard InChI is InChI=1S/C20H31N3O3S.C16H32O.C9H15NO/c1-19(2,11-21-5)12-24-13-20(3,4)14-25-16-9-7-15(8-10-16)17-22-23-18(26-17)27-6;1-2-3-4-5-6-7-8-9-10-11-12-13-14-15-16-17;1-10-8-4-9(5-8)2-7(3-9)6-11/h7-10,21H,11-14H2,1-6H3;16H,2-15H2,1H3;6-8,10H,2-5H2,1H3. The molecule has 4 rings (SSSR count). The highest BCUT2D eigenvalue weighted by Gasteiger charge is 2.52. The minimum atomic E-state index is -0.0753. The summed E-state index contributed by atoms with van der Waals surface area (Å²) in [5.74, 6) is 1.73. The summed E-state index contributed by atoms with van der Waals surface area (Å²) in [6, 6.07) is 8.44. The van der Waals surface area contributed by atoms with Crippen LogP contribution in [0.2, 0.25) is 0 Å². The molecular weight excluding hydrogens is 709 g/mol. The number of thioether (sulfide) groups is 1. The van der Waals surface area contributed by atoms with Crippen molar-refractivity contribution in [3.05, 3.63) is 24.3 Å². The SMILES string of the molecule is CCCCCCCCCCCCCCCC=O.CNC1CC2(CC(C=O)C2)C1.CNCC(C)(C)COCC(C)(C)COc1ccc(-c2nnc(SC)o2)cc1. The number of ether oxygens (including phenoxy) is 2. The second-order valence-corrected chi connectivity index (χ2v) is 18.4. The van der Waals surface area contributed by atoms with E-state index < -0.39 is 0 Å². The van der Waals surface area contributed by atoms with Crippen molar-refractivity contribution in [2.75, 3.05) is 46.7 Å². The molecule has 0 amide bonds. The van der Waals surface area contributed by atoms with Crippen LogP contribution in [-0.4, -0.2) is 75.5 Å². The summed E-state index contributed by atoms with van der Waals surface area (Å²) < 4.78 is 17.4. The van der Waals surface area contributed by atoms with Crippen LogP contribution in [0, 0.1) is 22.2 Å². The third kappa shape index (κ3) is 20.6. The lowest BCUT2D eigenvalue weighted by Gasteiger charge is -2.56. The molecule has 0 unspecified atom stereocenters. The molecule has 0 saturated heterocycles. The first-order valence-corrected chi connectivity index (χ1v) is 22.6. The predicted molar refractivity (Wildman–Crippen MR) is 229 cm³/mol. The molecule has 1 aromatic carbocycles. The Hall–Kier alpha value is -2.27. The Morgan fingerprint density at radius 2 is 1.36 bits per heavy atom. The van der Waals surface area contributed by atoms with E-state index >= 15 is 0 Å². The van der Waals surface area contributed by atoms with E-state index in [1.807, 2.05) is 44.6 Å². The van der Waals surface area contributed by atoms with E-state index in [2.05, 4.69) is 55.4 Å². The molecular formula is C45H78N4O5S. The summed E-state index contributed by atoms with van der Waals surface area (Å²) in [4.78, 5) is 20.5. The van der Waals surface area contributed by atoms with Crippen LogP contribution < -0.4 is 15.4 Å². The number of unbranched alkanes of at least 4 members (excludes halogenated alkanes) is 13. The van der Waals surface area contributed by atoms with Crippen LogP contribution in [0.25, 0.3) is 11.5 Å². The van der Waals surface area contributed by atoms with Crippen molar-refractivity contribution in [3.63, 3.8) is 0 Å². The molecule has 2 aliphatic rings. The van der Waals surface area contributed by atoms with Gasteiger partial charge >= 0.3 is 0 Å². The number of hydrogen-bond acceptors (Lipinski definition) is 10. The van der Waals surface area contributed by atoms with Gasteiger partial charge in [-0.25, -0.2) is 0 Å². The van der Waals surface area contributed by atoms with Crippen LogP contribution in [0.4, 0.5) is 0 Å². The molecule has 0 atom stereocenters. The van der Waals surface area contributed by atoms with E-state index in [1.165, 1.54) is 102 Å². The Kier molecular flexibility index (Phi) is 24.3. The lowest BCUT2D eigenvalue weighted by molar-refractivity contribution is -0.123. The molecule has 2 aromatic rings. The predicted octanol–water partition coefficient (Wildman–Crippen LogP) is 10.8. The topological polar surface area (TPSA) is 116 Å². The van der Waals surface area contributed by atoms with Gasteiger partial charge in [0.2, 0.25) is 5.89 Å². The Morgan fingerprint density at radius 1 is 0.800 bits per heavy atom. The second-order valence-electron chi connectivity index (χ2n) is 17.6. The second kappa shape index (κ2) is 27.4. The van der Waals surface area contributed by atoms with E-state index in [9.17, 15) is 9.59 Å². The molecule has 2 N–H and O–H groups in total. The summed E-state index contributed by atoms with van der Waals surface area (Å²) in [5, 5.41) is 15.0. The van der Waals surface area contributed by atoms with Gasteiger partial charge in [-0.3, -0.25) is 0 Å². The molecule has 1 spiro atoms. The summed E-state index contributed by atoms with van der Waals surface area (Å²) in [5.41, 5.74) is 1.52. The van der Waals surface area contributed by atoms with Crippen LogP contribution in [-0.2, 0) is 14.3 Å². The lowest BCUT2D eigenvalue weighted by Crippen LogP contribution is -2.54. The molecule has 2 fully saturated rings. The Bertz CT molecular complexity index is 1270. The van der Waals surface area contributed by atoms with Crippen molar-refractivity contribution < 1.29 is 23.5 Å². The quantitative estimate of drug-likeness (QED) is 0.0515. The Labute approximate surface area is 339 Å². The van der Waals surface area contributed by atoms with E-state index in [-0.39, 0.29) is 10.8 Å². The molecule has 1 heterocycles. The zero-order valence-corrected chi connectivity index (χ0v) is 36.8. The fraction of sp³-hybridized carbons (Fsp3) is 0.778. The summed E-state index contributed by atoms with van der Waals surface area (Å²) in [6.45, 7) is 13.8. The summed E-state index contributed by atoms with van der Waals surface area (Å²) >= 11 is 1.43. The number of benzene rings is 1. The highest BCUT2D eigenvalue weighted by molar-refractivity contribution is 7.98. The van der Waals surface area contributed by atoms with Gasteiger partial charge in [0.15, 0.2) is 0 Å². The van der Waals surface area contributed by atoms with Crippen molar-refractivity contribution >= 4 is 24.3 Å². The van der Waals surface area contributed by atoms with E-state index in [1.54, 1.807) is 0 Å². The number of rotatable bonds is 27. The third-order valence-corrected chi connectivity index (χ3v) is 11.2. The van der Waals surface area contributed by atoms with Crippen molar-refractivity contribution in [1.29, 1.82) is 0 Å². The minimum absolute atomic E-state index is 0.0753. The molecule has 9 nitrogen and oxygen atoms in total. The maximum Gasteiger partial charge on any atom is 0.276 e. The summed E-state index contributed by atoms with van der Waals surface area (Å²) in [7, 11) is 3.98. The van der Waals surface area contributed by atoms with E-state index in [4.69, 9.17) is 13.9 Å². The highest BCUT2D eigenvalue weighted by atomic mass is 32.2. The Balaban J connectivity index is 0.000000316. The first kappa shape index (κ1) is 48.9. The van der Waals surface area contributed by atoms with Gasteiger partial charge in [0.25, 0.3) is 5.22 Å². The number of nitrogens with zero attached hydrogens (tertiary/aromatic N) is 2. The van der Waals surface area contributed by atoms with Gasteiger partial charge in [-0.15, -0.1) is 10.2 Å². The average molecular weight is 787 g/mol. The van der Waals surface area contributed by atoms with Crippen LogP contribution >= 0.6 is 11.8 Å². The minimum Gasteiger partial charge on any atom is -0.493 e. The van der Waals surface area contributed by atoms with Gasteiger partial charge in [0, 0.05) is 41.3 Å². The zero-order chi connectivity index (χ0) is 40.4. The maximum atomic E-state index is 10.4. The smallest absolute Gasteiger partial charge is 0.276 e. The Morgan fingerprint density at radius 3 is 1.85 bits per heavy atom. The number of hydrogen-bond donors (Lipinski definition) is 2. The normalized spacial score (nSPS) is 19.0. The zero-order valence-electron chi connectivity index (χ0n) is 36.0. The van der Waals surface area contributed by atoms with Crippen LogP contribution in [0.1, 0.15) is 150 Å². The van der Waals surface area contributed by atoms with Crippen molar-refractivity contribution in [3.8, 4) is 17.2 Å². The lowest BCUT2D eigenvalue weighted by atomic mass is 9.50. The molecule has 0 aliphatic heterocycles. The molecule has 10 heteroatoms. The van der Waals surface area contributed by atoms with E-state index in [0.717, 1.165) is 62.2 Å². The van der Waals surface area contributed by atoms with Gasteiger partial charge in [0.05, 0.1) is 19.8 Å². The van der Waals surface area contributed by atoms with Gasteiger partial charge in [0.1, 0.15) is 18.3 Å². The van der Waals surface area contributed by atoms with Gasteiger partial charge < -0.3 is 34.1 Å². The van der Waals surface area contributed by atoms with Crippen LogP contribution in [0.3, 0.4) is 0 Å². The molecule has 314 valence electrons. The number of aromatic nitrogens is 2. The number of aldehydes is 2. The fourth-order valence-corrected chi connectivity index (χ4v) is 7.76. The first-order valence-electron chi connectivity index (χ1n) is 21.3. The monoisotopic (exact) mass is 787 g/mol. The number of nitrogens with one attached hydrogen (secondary N) is 2. The van der Waals surface area contributed by atoms with Gasteiger partial charge in [-0.05, 0) is 82.1 Å². The van der Waals surface area contributed by atoms with Crippen molar-refractivity contribution in [2.24, 2.45) is 22.2 Å². The van der Waals surface area contributed by atoms with Gasteiger partial charge in [-0.1, -0.05) is 123 Å². The van der Waals surface area contributed by atoms with Crippen molar-refractivity contribution in [2.45, 2.75) is 161 Å². The van der Waals surface area contributed by atoms with Crippen LogP contribution in [0.5, 0.6) is 5.75 Å². The maximum absolute atomic E-state index is 10.4. The molecule has 0 bridgehead atoms. The molecule has 55 heavy (non-hydrogen) atoms. The first-order chi connectivity index (χ1) is 26.4. The summed E-state index contributed by atoms with van der Waals surface area (Å²) in [6.07, 6.45) is 27.6. The molecule has 2 aliphatic carbocycles. The number of carbonyl (C=O) groups is 2. The number of carbonyl (C=O) groups excluding carboxylic acids is 2. The van der Waals surface area contributed by atoms with Gasteiger partial charge in [-0.2, -0.15) is 0 Å². The van der Waals surface area contributed by atoms with Crippen molar-refractivity contribution in [1.82, 2.24) is 20.8 Å². The fourth-order valence-electron chi connectivity index (χ4n) is 7.47.